The molecule has 0 saturated carbocycles. The van der Waals surface area contributed by atoms with Gasteiger partial charge in [0.15, 0.2) is 0 Å². The van der Waals surface area contributed by atoms with Crippen molar-refractivity contribution in [3.8, 4) is 5.75 Å². The van der Waals surface area contributed by atoms with Gasteiger partial charge in [-0.3, -0.25) is 0 Å². The van der Waals surface area contributed by atoms with E-state index in [1.54, 1.807) is 0 Å². The molecule has 3 nitrogen and oxygen atoms in total. The first-order valence-corrected chi connectivity index (χ1v) is 6.18. The number of para-hydroxylation sites is 1. The lowest BCUT2D eigenvalue weighted by Gasteiger charge is -2.20. The number of ether oxygens (including phenoxy) is 1. The maximum absolute atomic E-state index is 9.51. The molecule has 1 aromatic rings. The van der Waals surface area contributed by atoms with Gasteiger partial charge in [0.05, 0.1) is 6.10 Å². The highest BCUT2D eigenvalue weighted by atomic mass is 16.5. The molecule has 0 spiro atoms. The van der Waals surface area contributed by atoms with Gasteiger partial charge in [-0.05, 0) is 32.0 Å². The Hall–Kier alpha value is -1.06. The summed E-state index contributed by atoms with van der Waals surface area (Å²) >= 11 is 0. The number of nitrogens with zero attached hydrogens (tertiary/aromatic N) is 1. The number of benzene rings is 1. The molecule has 0 aliphatic heterocycles. The number of aliphatic hydroxyl groups excluding tert-OH is 1. The van der Waals surface area contributed by atoms with Crippen molar-refractivity contribution in [2.24, 2.45) is 0 Å². The first-order chi connectivity index (χ1) is 8.13. The largest absolute Gasteiger partial charge is 0.492 e. The van der Waals surface area contributed by atoms with E-state index in [1.807, 2.05) is 45.2 Å². The Bertz CT molecular complexity index is 328. The maximum Gasteiger partial charge on any atom is 0.122 e. The number of likely N-dealkylation sites (N-methyl/N-ethyl adjacent to an activating group) is 1. The fraction of sp³-hybridized carbons (Fsp3) is 0.571. The van der Waals surface area contributed by atoms with E-state index < -0.39 is 0 Å². The number of rotatable bonds is 7. The lowest BCUT2D eigenvalue weighted by atomic mass is 10.2. The summed E-state index contributed by atoms with van der Waals surface area (Å²) in [7, 11) is 2.00. The van der Waals surface area contributed by atoms with Crippen molar-refractivity contribution < 1.29 is 9.84 Å². The molecule has 1 rings (SSSR count). The summed E-state index contributed by atoms with van der Waals surface area (Å²) in [5.41, 5.74) is 1.16. The van der Waals surface area contributed by atoms with E-state index in [0.29, 0.717) is 13.2 Å². The fourth-order valence-corrected chi connectivity index (χ4v) is 1.61. The molecule has 0 aromatic heterocycles. The van der Waals surface area contributed by atoms with E-state index in [1.165, 1.54) is 0 Å². The predicted octanol–water partition coefficient (Wildman–Crippen LogP) is 2.08. The Balaban J connectivity index is 2.26. The van der Waals surface area contributed by atoms with E-state index in [-0.39, 0.29) is 6.10 Å². The third-order valence-corrected chi connectivity index (χ3v) is 2.82. The Morgan fingerprint density at radius 1 is 1.35 bits per heavy atom. The van der Waals surface area contributed by atoms with Gasteiger partial charge in [0.2, 0.25) is 0 Å². The minimum atomic E-state index is -0.238. The third-order valence-electron chi connectivity index (χ3n) is 2.82. The molecule has 96 valence electrons. The number of aliphatic hydroxyl groups is 1. The van der Waals surface area contributed by atoms with Crippen LogP contribution in [0, 0.1) is 6.92 Å². The summed E-state index contributed by atoms with van der Waals surface area (Å²) in [6.07, 6.45) is 0.557. The quantitative estimate of drug-likeness (QED) is 0.788. The zero-order valence-electron chi connectivity index (χ0n) is 11.0. The van der Waals surface area contributed by atoms with E-state index in [4.69, 9.17) is 4.74 Å². The molecular weight excluding hydrogens is 214 g/mol. The summed E-state index contributed by atoms with van der Waals surface area (Å²) in [5.74, 6) is 0.942. The van der Waals surface area contributed by atoms with Crippen LogP contribution in [-0.4, -0.2) is 42.9 Å². The van der Waals surface area contributed by atoms with Gasteiger partial charge in [0.1, 0.15) is 12.4 Å². The van der Waals surface area contributed by atoms with Gasteiger partial charge in [-0.2, -0.15) is 0 Å². The van der Waals surface area contributed by atoms with Crippen LogP contribution in [0.25, 0.3) is 0 Å². The molecule has 17 heavy (non-hydrogen) atoms. The molecule has 0 bridgehead atoms. The van der Waals surface area contributed by atoms with Crippen LogP contribution in [0.2, 0.25) is 0 Å². The highest BCUT2D eigenvalue weighted by Gasteiger charge is 2.06. The Morgan fingerprint density at radius 3 is 2.71 bits per heavy atom. The molecule has 0 radical (unpaired) electrons. The van der Waals surface area contributed by atoms with Crippen molar-refractivity contribution in [2.75, 3.05) is 26.7 Å². The monoisotopic (exact) mass is 237 g/mol. The van der Waals surface area contributed by atoms with Crippen LogP contribution in [0.1, 0.15) is 18.9 Å². The molecule has 0 amide bonds. The topological polar surface area (TPSA) is 32.7 Å². The first-order valence-electron chi connectivity index (χ1n) is 6.18. The predicted molar refractivity (Wildman–Crippen MR) is 70.5 cm³/mol. The van der Waals surface area contributed by atoms with Crippen molar-refractivity contribution in [1.82, 2.24) is 4.90 Å². The summed E-state index contributed by atoms with van der Waals surface area (Å²) in [4.78, 5) is 2.09. The second-order valence-corrected chi connectivity index (χ2v) is 4.44. The number of hydrogen-bond donors (Lipinski definition) is 1. The van der Waals surface area contributed by atoms with Crippen molar-refractivity contribution in [2.45, 2.75) is 26.4 Å². The van der Waals surface area contributed by atoms with E-state index in [0.717, 1.165) is 24.3 Å². The lowest BCUT2D eigenvalue weighted by Crippen LogP contribution is -2.32. The zero-order valence-corrected chi connectivity index (χ0v) is 11.0. The van der Waals surface area contributed by atoms with Gasteiger partial charge in [0.25, 0.3) is 0 Å². The lowest BCUT2D eigenvalue weighted by molar-refractivity contribution is 0.114. The van der Waals surface area contributed by atoms with Gasteiger partial charge in [0, 0.05) is 13.1 Å². The van der Waals surface area contributed by atoms with Gasteiger partial charge in [-0.1, -0.05) is 25.1 Å². The van der Waals surface area contributed by atoms with Crippen LogP contribution in [0.15, 0.2) is 24.3 Å². The number of aryl methyl sites for hydroxylation is 1. The van der Waals surface area contributed by atoms with E-state index in [2.05, 4.69) is 4.90 Å². The molecule has 0 fully saturated rings. The molecule has 1 aromatic carbocycles. The second kappa shape index (κ2) is 7.30. The van der Waals surface area contributed by atoms with Crippen LogP contribution in [0.3, 0.4) is 0 Å². The van der Waals surface area contributed by atoms with Crippen LogP contribution >= 0.6 is 0 Å². The fourth-order valence-electron chi connectivity index (χ4n) is 1.61. The molecular formula is C14H23NO2. The highest BCUT2D eigenvalue weighted by Crippen LogP contribution is 2.15. The minimum absolute atomic E-state index is 0.238. The van der Waals surface area contributed by atoms with Gasteiger partial charge in [-0.25, -0.2) is 0 Å². The third kappa shape index (κ3) is 5.20. The van der Waals surface area contributed by atoms with Crippen molar-refractivity contribution >= 4 is 0 Å². The molecule has 0 aliphatic rings. The summed E-state index contributed by atoms with van der Waals surface area (Å²) in [6, 6.07) is 8.01. The van der Waals surface area contributed by atoms with Crippen LogP contribution in [-0.2, 0) is 0 Å². The average Bonchev–Trinajstić information content (AvgIpc) is 2.31. The van der Waals surface area contributed by atoms with Gasteiger partial charge >= 0.3 is 0 Å². The molecule has 1 unspecified atom stereocenters. The standard InChI is InChI=1S/C14H23NO2/c1-4-13(16)11-15(3)9-10-17-14-8-6-5-7-12(14)2/h5-8,13,16H,4,9-11H2,1-3H3. The summed E-state index contributed by atoms with van der Waals surface area (Å²) in [6.45, 7) is 6.21. The molecule has 0 heterocycles. The second-order valence-electron chi connectivity index (χ2n) is 4.44. The molecule has 1 atom stereocenters. The Labute approximate surface area is 104 Å². The van der Waals surface area contributed by atoms with Crippen LogP contribution in [0.4, 0.5) is 0 Å². The van der Waals surface area contributed by atoms with Gasteiger partial charge < -0.3 is 14.7 Å². The summed E-state index contributed by atoms with van der Waals surface area (Å²) in [5, 5.41) is 9.51. The van der Waals surface area contributed by atoms with Crippen molar-refractivity contribution in [3.63, 3.8) is 0 Å². The Kier molecular flexibility index (Phi) is 6.01. The average molecular weight is 237 g/mol. The first kappa shape index (κ1) is 14.0. The van der Waals surface area contributed by atoms with Crippen LogP contribution in [0.5, 0.6) is 5.75 Å². The van der Waals surface area contributed by atoms with E-state index in [9.17, 15) is 5.11 Å². The summed E-state index contributed by atoms with van der Waals surface area (Å²) < 4.78 is 5.70. The van der Waals surface area contributed by atoms with Crippen molar-refractivity contribution in [1.29, 1.82) is 0 Å². The Morgan fingerprint density at radius 2 is 2.06 bits per heavy atom. The highest BCUT2D eigenvalue weighted by molar-refractivity contribution is 5.31. The SMILES string of the molecule is CCC(O)CN(C)CCOc1ccccc1C. The van der Waals surface area contributed by atoms with Gasteiger partial charge in [-0.15, -0.1) is 0 Å². The smallest absolute Gasteiger partial charge is 0.122 e. The normalized spacial score (nSPS) is 12.8. The molecule has 0 saturated heterocycles. The minimum Gasteiger partial charge on any atom is -0.492 e. The van der Waals surface area contributed by atoms with Crippen LogP contribution < -0.4 is 4.74 Å². The molecule has 3 heteroatoms. The maximum atomic E-state index is 9.51. The molecule has 1 N–H and O–H groups in total. The van der Waals surface area contributed by atoms with E-state index >= 15 is 0 Å². The number of hydrogen-bond acceptors (Lipinski definition) is 3. The molecule has 0 aliphatic carbocycles. The zero-order chi connectivity index (χ0) is 12.7. The van der Waals surface area contributed by atoms with Crippen molar-refractivity contribution in [3.05, 3.63) is 29.8 Å².